The number of rotatable bonds is 6. The van der Waals surface area contributed by atoms with E-state index < -0.39 is 12.6 Å². The number of ether oxygens (including phenoxy) is 3. The highest BCUT2D eigenvalue weighted by molar-refractivity contribution is 5.92. The van der Waals surface area contributed by atoms with Crippen LogP contribution in [-0.2, 0) is 11.3 Å². The predicted molar refractivity (Wildman–Crippen MR) is 81.6 cm³/mol. The van der Waals surface area contributed by atoms with Crippen molar-refractivity contribution in [3.05, 3.63) is 53.1 Å². The van der Waals surface area contributed by atoms with E-state index in [1.807, 2.05) is 0 Å². The molecule has 2 aromatic carbocycles. The third kappa shape index (κ3) is 4.13. The van der Waals surface area contributed by atoms with Crippen molar-refractivity contribution in [3.63, 3.8) is 0 Å². The lowest BCUT2D eigenvalue weighted by molar-refractivity contribution is -0.0512. The SMILES string of the molecule is COc1cc(COC(=O)c2cccc(C)c2O)ccc1OC(F)F. The Hall–Kier alpha value is -2.83. The molecular weight excluding hydrogens is 322 g/mol. The average Bonchev–Trinajstić information content (AvgIpc) is 2.55. The third-order valence-electron chi connectivity index (χ3n) is 3.27. The molecule has 0 spiro atoms. The van der Waals surface area contributed by atoms with E-state index in [-0.39, 0.29) is 29.4 Å². The van der Waals surface area contributed by atoms with Gasteiger partial charge in [-0.3, -0.25) is 0 Å². The van der Waals surface area contributed by atoms with Crippen molar-refractivity contribution in [1.29, 1.82) is 0 Å². The Morgan fingerprint density at radius 1 is 1.21 bits per heavy atom. The van der Waals surface area contributed by atoms with E-state index in [0.29, 0.717) is 11.1 Å². The van der Waals surface area contributed by atoms with Crippen LogP contribution in [0.4, 0.5) is 8.78 Å². The number of phenols is 1. The zero-order chi connectivity index (χ0) is 17.7. The summed E-state index contributed by atoms with van der Waals surface area (Å²) < 4.78 is 39.0. The van der Waals surface area contributed by atoms with Crippen molar-refractivity contribution in [2.24, 2.45) is 0 Å². The summed E-state index contributed by atoms with van der Waals surface area (Å²) in [6, 6.07) is 8.96. The number of aryl methyl sites for hydroxylation is 1. The van der Waals surface area contributed by atoms with Crippen LogP contribution in [0.1, 0.15) is 21.5 Å². The Bertz CT molecular complexity index is 731. The first-order valence-electron chi connectivity index (χ1n) is 6.99. The number of alkyl halides is 2. The van der Waals surface area contributed by atoms with Gasteiger partial charge in [-0.15, -0.1) is 0 Å². The highest BCUT2D eigenvalue weighted by atomic mass is 19.3. The lowest BCUT2D eigenvalue weighted by atomic mass is 10.1. The van der Waals surface area contributed by atoms with Gasteiger partial charge in [0.2, 0.25) is 0 Å². The molecule has 1 N–H and O–H groups in total. The van der Waals surface area contributed by atoms with E-state index in [4.69, 9.17) is 9.47 Å². The number of aromatic hydroxyl groups is 1. The van der Waals surface area contributed by atoms with E-state index in [2.05, 4.69) is 4.74 Å². The predicted octanol–water partition coefficient (Wildman–Crippen LogP) is 3.67. The van der Waals surface area contributed by atoms with Crippen LogP contribution >= 0.6 is 0 Å². The monoisotopic (exact) mass is 338 g/mol. The fourth-order valence-corrected chi connectivity index (χ4v) is 2.05. The molecule has 0 fully saturated rings. The van der Waals surface area contributed by atoms with Crippen molar-refractivity contribution in [2.75, 3.05) is 7.11 Å². The number of hydrogen-bond acceptors (Lipinski definition) is 5. The summed E-state index contributed by atoms with van der Waals surface area (Å²) in [5.74, 6) is -0.843. The van der Waals surface area contributed by atoms with Crippen LogP contribution in [0, 0.1) is 6.92 Å². The van der Waals surface area contributed by atoms with Crippen LogP contribution in [-0.4, -0.2) is 24.8 Å². The maximum atomic E-state index is 12.3. The summed E-state index contributed by atoms with van der Waals surface area (Å²) in [6.45, 7) is -1.41. The Kier molecular flexibility index (Phi) is 5.57. The van der Waals surface area contributed by atoms with Crippen molar-refractivity contribution in [2.45, 2.75) is 20.1 Å². The summed E-state index contributed by atoms with van der Waals surface area (Å²) in [7, 11) is 1.31. The molecule has 0 bridgehead atoms. The highest BCUT2D eigenvalue weighted by Gasteiger charge is 2.15. The van der Waals surface area contributed by atoms with Gasteiger partial charge in [0, 0.05) is 0 Å². The van der Waals surface area contributed by atoms with E-state index in [9.17, 15) is 18.7 Å². The first kappa shape index (κ1) is 17.5. The first-order chi connectivity index (χ1) is 11.4. The van der Waals surface area contributed by atoms with Gasteiger partial charge < -0.3 is 19.3 Å². The quantitative estimate of drug-likeness (QED) is 0.814. The molecule has 0 saturated heterocycles. The molecular formula is C17H16F2O5. The smallest absolute Gasteiger partial charge is 0.387 e. The van der Waals surface area contributed by atoms with Gasteiger partial charge in [-0.25, -0.2) is 4.79 Å². The molecule has 2 rings (SSSR count). The number of hydrogen-bond donors (Lipinski definition) is 1. The lowest BCUT2D eigenvalue weighted by Gasteiger charge is -2.12. The Morgan fingerprint density at radius 3 is 2.62 bits per heavy atom. The molecule has 2 aromatic rings. The normalized spacial score (nSPS) is 10.5. The molecule has 24 heavy (non-hydrogen) atoms. The second-order valence-electron chi connectivity index (χ2n) is 4.91. The van der Waals surface area contributed by atoms with Gasteiger partial charge in [-0.05, 0) is 36.2 Å². The van der Waals surface area contributed by atoms with Crippen LogP contribution in [0.25, 0.3) is 0 Å². The molecule has 0 radical (unpaired) electrons. The topological polar surface area (TPSA) is 65.0 Å². The second kappa shape index (κ2) is 7.63. The van der Waals surface area contributed by atoms with E-state index >= 15 is 0 Å². The van der Waals surface area contributed by atoms with Crippen LogP contribution in [0.3, 0.4) is 0 Å². The minimum absolute atomic E-state index is 0.0552. The molecule has 7 heteroatoms. The molecule has 0 saturated carbocycles. The zero-order valence-electron chi connectivity index (χ0n) is 13.1. The number of esters is 1. The minimum Gasteiger partial charge on any atom is -0.507 e. The fraction of sp³-hybridized carbons (Fsp3) is 0.235. The summed E-state index contributed by atoms with van der Waals surface area (Å²) in [4.78, 5) is 12.0. The number of halogens is 2. The molecule has 0 unspecified atom stereocenters. The van der Waals surface area contributed by atoms with Gasteiger partial charge in [0.05, 0.1) is 7.11 Å². The van der Waals surface area contributed by atoms with Crippen molar-refractivity contribution in [1.82, 2.24) is 0 Å². The molecule has 0 aliphatic rings. The van der Waals surface area contributed by atoms with Gasteiger partial charge in [0.1, 0.15) is 17.9 Å². The number of methoxy groups -OCH3 is 1. The minimum atomic E-state index is -2.97. The summed E-state index contributed by atoms with van der Waals surface area (Å²) in [6.07, 6.45) is 0. The van der Waals surface area contributed by atoms with Crippen molar-refractivity contribution in [3.8, 4) is 17.2 Å². The lowest BCUT2D eigenvalue weighted by Crippen LogP contribution is -2.07. The molecule has 128 valence electrons. The van der Waals surface area contributed by atoms with Gasteiger partial charge in [0.25, 0.3) is 0 Å². The second-order valence-corrected chi connectivity index (χ2v) is 4.91. The van der Waals surface area contributed by atoms with Gasteiger partial charge in [-0.2, -0.15) is 8.78 Å². The summed E-state index contributed by atoms with van der Waals surface area (Å²) in [5, 5.41) is 9.86. The maximum absolute atomic E-state index is 12.3. The zero-order valence-corrected chi connectivity index (χ0v) is 13.1. The van der Waals surface area contributed by atoms with E-state index in [0.717, 1.165) is 0 Å². The Balaban J connectivity index is 2.09. The molecule has 5 nitrogen and oxygen atoms in total. The number of phenolic OH excluding ortho intramolecular Hbond substituents is 1. The van der Waals surface area contributed by atoms with Crippen LogP contribution in [0.2, 0.25) is 0 Å². The Morgan fingerprint density at radius 2 is 1.96 bits per heavy atom. The summed E-state index contributed by atoms with van der Waals surface area (Å²) >= 11 is 0. The fourth-order valence-electron chi connectivity index (χ4n) is 2.05. The van der Waals surface area contributed by atoms with Crippen molar-refractivity contribution >= 4 is 5.97 Å². The number of carbonyl (C=O) groups excluding carboxylic acids is 1. The highest BCUT2D eigenvalue weighted by Crippen LogP contribution is 2.30. The molecule has 0 aliphatic heterocycles. The van der Waals surface area contributed by atoms with Crippen molar-refractivity contribution < 1.29 is 32.9 Å². The van der Waals surface area contributed by atoms with Crippen LogP contribution in [0.5, 0.6) is 17.2 Å². The van der Waals surface area contributed by atoms with Crippen LogP contribution in [0.15, 0.2) is 36.4 Å². The largest absolute Gasteiger partial charge is 0.507 e. The molecule has 0 atom stereocenters. The maximum Gasteiger partial charge on any atom is 0.387 e. The van der Waals surface area contributed by atoms with Crippen LogP contribution < -0.4 is 9.47 Å². The summed E-state index contributed by atoms with van der Waals surface area (Å²) in [5.41, 5.74) is 1.13. The van der Waals surface area contributed by atoms with E-state index in [1.54, 1.807) is 19.1 Å². The number of carbonyl (C=O) groups is 1. The van der Waals surface area contributed by atoms with Gasteiger partial charge >= 0.3 is 12.6 Å². The van der Waals surface area contributed by atoms with Gasteiger partial charge in [0.15, 0.2) is 11.5 Å². The molecule has 0 aromatic heterocycles. The standard InChI is InChI=1S/C17H16F2O5/c1-10-4-3-5-12(15(10)20)16(21)23-9-11-6-7-13(24-17(18)19)14(8-11)22-2/h3-8,17,20H,9H2,1-2H3. The number of para-hydroxylation sites is 1. The Labute approximate surface area is 137 Å². The molecule has 0 amide bonds. The first-order valence-corrected chi connectivity index (χ1v) is 6.99. The number of benzene rings is 2. The average molecular weight is 338 g/mol. The van der Waals surface area contributed by atoms with E-state index in [1.165, 1.54) is 31.4 Å². The molecule has 0 heterocycles. The van der Waals surface area contributed by atoms with Gasteiger partial charge in [-0.1, -0.05) is 18.2 Å². The molecule has 0 aliphatic carbocycles. The third-order valence-corrected chi connectivity index (χ3v) is 3.27.